The number of anilines is 1. The number of carbonyl (C=O) groups excluding carboxylic acids is 1. The fourth-order valence-electron chi connectivity index (χ4n) is 3.68. The summed E-state index contributed by atoms with van der Waals surface area (Å²) in [4.78, 5) is 11.9. The quantitative estimate of drug-likeness (QED) is 0.527. The van der Waals surface area contributed by atoms with E-state index in [4.69, 9.17) is 9.47 Å². The minimum atomic E-state index is -0.868. The molecule has 3 N–H and O–H groups in total. The molecule has 1 aliphatic heterocycles. The van der Waals surface area contributed by atoms with Gasteiger partial charge in [-0.05, 0) is 50.7 Å². The van der Waals surface area contributed by atoms with Crippen LogP contribution in [0, 0.1) is 12.0 Å². The molecular formula is C21H28N2O4. The van der Waals surface area contributed by atoms with Gasteiger partial charge in [0, 0.05) is 18.9 Å². The molecule has 27 heavy (non-hydrogen) atoms. The van der Waals surface area contributed by atoms with E-state index in [1.807, 2.05) is 13.0 Å². The maximum absolute atomic E-state index is 11.9. The van der Waals surface area contributed by atoms with Crippen LogP contribution in [0.2, 0.25) is 0 Å². The number of rotatable bonds is 6. The zero-order chi connectivity index (χ0) is 19.3. The molecule has 146 valence electrons. The predicted molar refractivity (Wildman–Crippen MR) is 103 cm³/mol. The first kappa shape index (κ1) is 19.5. The average molecular weight is 372 g/mol. The molecule has 1 amide bonds. The van der Waals surface area contributed by atoms with Gasteiger partial charge in [-0.3, -0.25) is 10.1 Å². The van der Waals surface area contributed by atoms with Gasteiger partial charge in [0.05, 0.1) is 5.69 Å². The number of nitrogens with one attached hydrogen (secondary N) is 2. The summed E-state index contributed by atoms with van der Waals surface area (Å²) < 4.78 is 11.6. The zero-order valence-corrected chi connectivity index (χ0v) is 16.1. The summed E-state index contributed by atoms with van der Waals surface area (Å²) in [5.74, 6) is 3.86. The Hall–Kier alpha value is -2.23. The number of hydrogen-bond acceptors (Lipinski definition) is 5. The highest BCUT2D eigenvalue weighted by molar-refractivity contribution is 5.96. The second kappa shape index (κ2) is 8.64. The third-order valence-electron chi connectivity index (χ3n) is 5.11. The normalized spacial score (nSPS) is 19.1. The molecule has 6 heteroatoms. The second-order valence-electron chi connectivity index (χ2n) is 7.17. The minimum absolute atomic E-state index is 0.0457. The average Bonchev–Trinajstić information content (AvgIpc) is 2.67. The van der Waals surface area contributed by atoms with Gasteiger partial charge in [0.15, 0.2) is 12.0 Å². The van der Waals surface area contributed by atoms with Gasteiger partial charge in [-0.25, -0.2) is 0 Å². The summed E-state index contributed by atoms with van der Waals surface area (Å²) in [5.41, 5.74) is 0.658. The number of benzene rings is 1. The van der Waals surface area contributed by atoms with Crippen LogP contribution in [-0.2, 0) is 11.2 Å². The van der Waals surface area contributed by atoms with Gasteiger partial charge < -0.3 is 19.9 Å². The van der Waals surface area contributed by atoms with Crippen molar-refractivity contribution < 1.29 is 19.4 Å². The molecule has 1 aliphatic carbocycles. The Labute approximate surface area is 160 Å². The van der Waals surface area contributed by atoms with Crippen LogP contribution in [0.15, 0.2) is 12.1 Å². The van der Waals surface area contributed by atoms with Crippen LogP contribution in [0.4, 0.5) is 5.69 Å². The number of amides is 1. The Kier molecular flexibility index (Phi) is 6.25. The van der Waals surface area contributed by atoms with E-state index in [2.05, 4.69) is 22.7 Å². The lowest BCUT2D eigenvalue weighted by Crippen LogP contribution is -2.53. The van der Waals surface area contributed by atoms with Crippen LogP contribution in [0.1, 0.15) is 64.4 Å². The van der Waals surface area contributed by atoms with Crippen LogP contribution in [-0.4, -0.2) is 23.0 Å². The molecule has 0 radical (unpaired) electrons. The number of hydrogen-bond donors (Lipinski definition) is 3. The first-order chi connectivity index (χ1) is 13.0. The first-order valence-electron chi connectivity index (χ1n) is 9.75. The van der Waals surface area contributed by atoms with Crippen molar-refractivity contribution in [3.8, 4) is 23.5 Å². The standard InChI is InChI=1S/C21H28N2O4/c1-3-14-26-17-10-9-16(15-8-11-18(24)22-20(15)17)27-19(4-2)23-21(25)12-6-5-7-13-21/h9-10,19,23,25H,4-8,11-13H2,1-2H3,(H,22,24). The monoisotopic (exact) mass is 372 g/mol. The molecule has 1 heterocycles. The topological polar surface area (TPSA) is 79.8 Å². The maximum atomic E-state index is 11.9. The third-order valence-corrected chi connectivity index (χ3v) is 5.11. The summed E-state index contributed by atoms with van der Waals surface area (Å²) in [6.07, 6.45) is 8.64. The lowest BCUT2D eigenvalue weighted by molar-refractivity contribution is -0.116. The van der Waals surface area contributed by atoms with E-state index in [0.717, 1.165) is 37.7 Å². The Morgan fingerprint density at radius 3 is 2.70 bits per heavy atom. The van der Waals surface area contributed by atoms with Crippen LogP contribution < -0.4 is 20.1 Å². The highest BCUT2D eigenvalue weighted by atomic mass is 16.5. The van der Waals surface area contributed by atoms with E-state index < -0.39 is 5.72 Å². The van der Waals surface area contributed by atoms with Gasteiger partial charge in [-0.15, -0.1) is 0 Å². The Bertz CT molecular complexity index is 745. The van der Waals surface area contributed by atoms with E-state index >= 15 is 0 Å². The lowest BCUT2D eigenvalue weighted by atomic mass is 9.91. The largest absolute Gasteiger partial charge is 0.475 e. The Balaban J connectivity index is 1.81. The first-order valence-corrected chi connectivity index (χ1v) is 9.75. The van der Waals surface area contributed by atoms with Crippen LogP contribution in [0.25, 0.3) is 0 Å². The van der Waals surface area contributed by atoms with Gasteiger partial charge in [-0.2, -0.15) is 0 Å². The predicted octanol–water partition coefficient (Wildman–Crippen LogP) is 3.29. The van der Waals surface area contributed by atoms with Crippen molar-refractivity contribution in [2.45, 2.75) is 77.2 Å². The fraction of sp³-hybridized carbons (Fsp3) is 0.571. The maximum Gasteiger partial charge on any atom is 0.224 e. The summed E-state index contributed by atoms with van der Waals surface area (Å²) >= 11 is 0. The van der Waals surface area contributed by atoms with Crippen molar-refractivity contribution in [1.82, 2.24) is 5.32 Å². The summed E-state index contributed by atoms with van der Waals surface area (Å²) in [6, 6.07) is 3.60. The van der Waals surface area contributed by atoms with Crippen molar-refractivity contribution in [1.29, 1.82) is 0 Å². The fourth-order valence-corrected chi connectivity index (χ4v) is 3.68. The van der Waals surface area contributed by atoms with Crippen molar-refractivity contribution in [3.05, 3.63) is 17.7 Å². The van der Waals surface area contributed by atoms with Crippen molar-refractivity contribution in [2.24, 2.45) is 0 Å². The molecule has 6 nitrogen and oxygen atoms in total. The number of ether oxygens (including phenoxy) is 2. The summed E-state index contributed by atoms with van der Waals surface area (Å²) in [5, 5.41) is 16.9. The van der Waals surface area contributed by atoms with Gasteiger partial charge in [0.25, 0.3) is 0 Å². The molecular weight excluding hydrogens is 344 g/mol. The molecule has 1 atom stereocenters. The Morgan fingerprint density at radius 1 is 1.26 bits per heavy atom. The SMILES string of the molecule is CC#COc1ccc(OC(CC)NC2(O)CCCCC2)c2c1NC(=O)CC2. The minimum Gasteiger partial charge on any atom is -0.475 e. The highest BCUT2D eigenvalue weighted by Gasteiger charge is 2.32. The van der Waals surface area contributed by atoms with E-state index in [0.29, 0.717) is 36.4 Å². The van der Waals surface area contributed by atoms with Crippen molar-refractivity contribution in [3.63, 3.8) is 0 Å². The molecule has 1 aromatic rings. The smallest absolute Gasteiger partial charge is 0.224 e. The summed E-state index contributed by atoms with van der Waals surface area (Å²) in [7, 11) is 0. The lowest BCUT2D eigenvalue weighted by Gasteiger charge is -2.36. The molecule has 1 saturated carbocycles. The van der Waals surface area contributed by atoms with E-state index in [-0.39, 0.29) is 12.1 Å². The van der Waals surface area contributed by atoms with Crippen molar-refractivity contribution in [2.75, 3.05) is 5.32 Å². The molecule has 0 aromatic heterocycles. The van der Waals surface area contributed by atoms with Gasteiger partial charge >= 0.3 is 0 Å². The molecule has 1 aromatic carbocycles. The van der Waals surface area contributed by atoms with Gasteiger partial charge in [-0.1, -0.05) is 19.3 Å². The molecule has 0 bridgehead atoms. The summed E-state index contributed by atoms with van der Waals surface area (Å²) in [6.45, 7) is 3.71. The van der Waals surface area contributed by atoms with Crippen LogP contribution in [0.3, 0.4) is 0 Å². The number of fused-ring (bicyclic) bond motifs is 1. The van der Waals surface area contributed by atoms with E-state index in [9.17, 15) is 9.90 Å². The van der Waals surface area contributed by atoms with Gasteiger partial charge in [0.1, 0.15) is 17.6 Å². The molecule has 1 fully saturated rings. The Morgan fingerprint density at radius 2 is 2.00 bits per heavy atom. The van der Waals surface area contributed by atoms with Crippen LogP contribution in [0.5, 0.6) is 11.5 Å². The molecule has 1 unspecified atom stereocenters. The second-order valence-corrected chi connectivity index (χ2v) is 7.17. The van der Waals surface area contributed by atoms with Crippen molar-refractivity contribution >= 4 is 11.6 Å². The third kappa shape index (κ3) is 4.74. The zero-order valence-electron chi connectivity index (χ0n) is 16.1. The van der Waals surface area contributed by atoms with E-state index in [1.165, 1.54) is 0 Å². The molecule has 0 spiro atoms. The molecule has 3 rings (SSSR count). The number of aliphatic hydroxyl groups is 1. The van der Waals surface area contributed by atoms with Gasteiger partial charge in [0.2, 0.25) is 5.91 Å². The molecule has 0 saturated heterocycles. The molecule has 2 aliphatic rings. The number of carbonyl (C=O) groups is 1. The highest BCUT2D eigenvalue weighted by Crippen LogP contribution is 2.39. The van der Waals surface area contributed by atoms with Crippen LogP contribution >= 0.6 is 0 Å². The van der Waals surface area contributed by atoms with E-state index in [1.54, 1.807) is 13.0 Å².